The summed E-state index contributed by atoms with van der Waals surface area (Å²) in [6.45, 7) is 4.43. The van der Waals surface area contributed by atoms with E-state index in [1.807, 2.05) is 11.6 Å². The van der Waals surface area contributed by atoms with E-state index in [4.69, 9.17) is 5.10 Å². The number of aliphatic hydroxyl groups is 1. The van der Waals surface area contributed by atoms with Gasteiger partial charge in [-0.2, -0.15) is 5.10 Å². The van der Waals surface area contributed by atoms with Crippen molar-refractivity contribution in [1.82, 2.24) is 14.8 Å². The molecule has 144 valence electrons. The van der Waals surface area contributed by atoms with Crippen molar-refractivity contribution >= 4 is 17.4 Å². The molecule has 5 rings (SSSR count). The maximum Gasteiger partial charge on any atom is 0.121 e. The van der Waals surface area contributed by atoms with Gasteiger partial charge in [0.1, 0.15) is 11.1 Å². The van der Waals surface area contributed by atoms with Crippen molar-refractivity contribution in [2.75, 3.05) is 0 Å². The van der Waals surface area contributed by atoms with E-state index in [9.17, 15) is 5.11 Å². The highest BCUT2D eigenvalue weighted by Gasteiger charge is 2.47. The highest BCUT2D eigenvalue weighted by molar-refractivity contribution is 7.09. The number of rotatable bonds is 3. The summed E-state index contributed by atoms with van der Waals surface area (Å²) in [6, 6.07) is 8.52. The van der Waals surface area contributed by atoms with E-state index in [1.54, 1.807) is 17.5 Å². The van der Waals surface area contributed by atoms with Gasteiger partial charge in [0, 0.05) is 17.5 Å². The van der Waals surface area contributed by atoms with Crippen molar-refractivity contribution < 1.29 is 5.11 Å². The number of aliphatic hydroxyl groups excluding tert-OH is 1. The van der Waals surface area contributed by atoms with E-state index in [0.29, 0.717) is 0 Å². The molecular weight excluding hydrogens is 366 g/mol. The van der Waals surface area contributed by atoms with Gasteiger partial charge in [0.2, 0.25) is 0 Å². The second-order valence-electron chi connectivity index (χ2n) is 8.38. The van der Waals surface area contributed by atoms with Crippen molar-refractivity contribution in [2.24, 2.45) is 11.3 Å². The number of thiazole rings is 1. The molecule has 3 aromatic rings. The fourth-order valence-corrected chi connectivity index (χ4v) is 5.72. The molecule has 0 spiro atoms. The van der Waals surface area contributed by atoms with Gasteiger partial charge in [-0.15, -0.1) is 11.3 Å². The summed E-state index contributed by atoms with van der Waals surface area (Å²) in [6.07, 6.45) is 9.81. The molecule has 1 N–H and O–H groups in total. The number of hydrogen-bond donors (Lipinski definition) is 1. The average molecular weight is 392 g/mol. The van der Waals surface area contributed by atoms with Gasteiger partial charge in [-0.05, 0) is 61.8 Å². The Hall–Kier alpha value is -2.24. The van der Waals surface area contributed by atoms with Crippen LogP contribution in [0.15, 0.2) is 47.6 Å². The van der Waals surface area contributed by atoms with E-state index in [2.05, 4.69) is 53.9 Å². The summed E-state index contributed by atoms with van der Waals surface area (Å²) < 4.78 is 2.06. The molecule has 2 aliphatic carbocycles. The monoisotopic (exact) mass is 391 g/mol. The number of hydrogen-bond acceptors (Lipinski definition) is 4. The number of allylic oxidation sites excluding steroid dienone is 1. The molecule has 3 atom stereocenters. The Labute approximate surface area is 169 Å². The normalized spacial score (nSPS) is 25.0. The first-order valence-corrected chi connectivity index (χ1v) is 10.9. The van der Waals surface area contributed by atoms with Crippen LogP contribution in [0.2, 0.25) is 0 Å². The topological polar surface area (TPSA) is 50.9 Å². The Morgan fingerprint density at radius 1 is 1.29 bits per heavy atom. The van der Waals surface area contributed by atoms with Crippen molar-refractivity contribution in [1.29, 1.82) is 0 Å². The molecule has 1 saturated carbocycles. The molecule has 0 saturated heterocycles. The first kappa shape index (κ1) is 17.8. The third-order valence-electron chi connectivity index (χ3n) is 6.63. The van der Waals surface area contributed by atoms with Crippen molar-refractivity contribution in [3.8, 4) is 5.69 Å². The van der Waals surface area contributed by atoms with Gasteiger partial charge in [-0.1, -0.05) is 30.2 Å². The maximum atomic E-state index is 11.1. The van der Waals surface area contributed by atoms with E-state index in [0.717, 1.165) is 36.4 Å². The largest absolute Gasteiger partial charge is 0.386 e. The fourth-order valence-electron chi connectivity index (χ4n) is 5.03. The number of nitrogens with zero attached hydrogens (tertiary/aromatic N) is 3. The van der Waals surface area contributed by atoms with E-state index in [-0.39, 0.29) is 11.3 Å². The van der Waals surface area contributed by atoms with Gasteiger partial charge >= 0.3 is 0 Å². The molecule has 0 aliphatic heterocycles. The Bertz CT molecular complexity index is 1020. The van der Waals surface area contributed by atoms with Gasteiger partial charge in [0.05, 0.1) is 17.6 Å². The van der Waals surface area contributed by atoms with Gasteiger partial charge in [0.15, 0.2) is 0 Å². The smallest absolute Gasteiger partial charge is 0.121 e. The Morgan fingerprint density at radius 2 is 2.11 bits per heavy atom. The fraction of sp³-hybridized carbons (Fsp3) is 0.391. The minimum absolute atomic E-state index is 0.0442. The molecule has 0 amide bonds. The number of benzene rings is 1. The second kappa shape index (κ2) is 6.68. The van der Waals surface area contributed by atoms with Crippen molar-refractivity contribution in [3.63, 3.8) is 0 Å². The molecule has 2 aliphatic rings. The molecule has 2 aromatic heterocycles. The number of fused-ring (bicyclic) bond motifs is 2. The van der Waals surface area contributed by atoms with Crippen molar-refractivity contribution in [3.05, 3.63) is 69.4 Å². The summed E-state index contributed by atoms with van der Waals surface area (Å²) in [4.78, 5) is 4.39. The maximum absolute atomic E-state index is 11.1. The van der Waals surface area contributed by atoms with Crippen LogP contribution in [-0.4, -0.2) is 19.9 Å². The standard InChI is InChI=1S/C23H25N3OS/c1-15-6-8-18(9-7-15)26-20-12-17-4-3-5-19(21(27)22-24-10-11-28-22)23(17,2)13-16(20)14-25-26/h6-12,14,19,21,27H,3-5,13H2,1-2H3. The lowest BCUT2D eigenvalue weighted by Crippen LogP contribution is -2.40. The van der Waals surface area contributed by atoms with Gasteiger partial charge in [0.25, 0.3) is 0 Å². The van der Waals surface area contributed by atoms with Crippen molar-refractivity contribution in [2.45, 2.75) is 45.6 Å². The zero-order valence-corrected chi connectivity index (χ0v) is 17.1. The van der Waals surface area contributed by atoms with Gasteiger partial charge < -0.3 is 5.11 Å². The lowest BCUT2D eigenvalue weighted by Gasteiger charge is -2.47. The second-order valence-corrected chi connectivity index (χ2v) is 9.31. The first-order valence-electron chi connectivity index (χ1n) is 9.99. The minimum atomic E-state index is -0.498. The van der Waals surface area contributed by atoms with Crippen LogP contribution in [0.5, 0.6) is 0 Å². The molecule has 28 heavy (non-hydrogen) atoms. The van der Waals surface area contributed by atoms with Crippen LogP contribution in [0.1, 0.15) is 54.1 Å². The summed E-state index contributed by atoms with van der Waals surface area (Å²) in [5.74, 6) is 0.189. The van der Waals surface area contributed by atoms with Gasteiger partial charge in [-0.25, -0.2) is 9.67 Å². The lowest BCUT2D eigenvalue weighted by atomic mass is 9.58. The lowest BCUT2D eigenvalue weighted by molar-refractivity contribution is 0.0216. The molecule has 4 nitrogen and oxygen atoms in total. The zero-order chi connectivity index (χ0) is 19.3. The molecule has 3 unspecified atom stereocenters. The third kappa shape index (κ3) is 2.76. The van der Waals surface area contributed by atoms with E-state index in [1.165, 1.54) is 22.4 Å². The van der Waals surface area contributed by atoms with Crippen LogP contribution in [0.25, 0.3) is 11.8 Å². The molecule has 0 radical (unpaired) electrons. The SMILES string of the molecule is Cc1ccc(-n2ncc3c2C=C2CCCC(C(O)c4nccs4)C2(C)C3)cc1. The van der Waals surface area contributed by atoms with Crippen LogP contribution < -0.4 is 0 Å². The molecule has 1 aromatic carbocycles. The Balaban J connectivity index is 1.54. The molecule has 1 fully saturated rings. The number of aromatic nitrogens is 3. The summed E-state index contributed by atoms with van der Waals surface area (Å²) in [5.41, 5.74) is 6.22. The summed E-state index contributed by atoms with van der Waals surface area (Å²) in [7, 11) is 0. The van der Waals surface area contributed by atoms with Gasteiger partial charge in [-0.3, -0.25) is 0 Å². The third-order valence-corrected chi connectivity index (χ3v) is 7.48. The quantitative estimate of drug-likeness (QED) is 0.674. The first-order chi connectivity index (χ1) is 13.6. The predicted molar refractivity (Wildman–Crippen MR) is 113 cm³/mol. The van der Waals surface area contributed by atoms with E-state index >= 15 is 0 Å². The predicted octanol–water partition coefficient (Wildman–Crippen LogP) is 5.12. The van der Waals surface area contributed by atoms with Crippen LogP contribution in [-0.2, 0) is 6.42 Å². The van der Waals surface area contributed by atoms with Crippen LogP contribution in [0.4, 0.5) is 0 Å². The highest BCUT2D eigenvalue weighted by Crippen LogP contribution is 2.54. The molecule has 0 bridgehead atoms. The average Bonchev–Trinajstić information content (AvgIpc) is 3.35. The Kier molecular flexibility index (Phi) is 4.25. The Morgan fingerprint density at radius 3 is 2.86 bits per heavy atom. The van der Waals surface area contributed by atoms with Crippen LogP contribution in [0, 0.1) is 18.3 Å². The van der Waals surface area contributed by atoms with Crippen LogP contribution in [0.3, 0.4) is 0 Å². The summed E-state index contributed by atoms with van der Waals surface area (Å²) >= 11 is 1.55. The molecule has 2 heterocycles. The molecule has 5 heteroatoms. The minimum Gasteiger partial charge on any atom is -0.386 e. The van der Waals surface area contributed by atoms with E-state index < -0.39 is 6.10 Å². The van der Waals surface area contributed by atoms with Crippen LogP contribution >= 0.6 is 11.3 Å². The highest BCUT2D eigenvalue weighted by atomic mass is 32.1. The number of aryl methyl sites for hydroxylation is 1. The summed E-state index contributed by atoms with van der Waals surface area (Å²) in [5, 5.41) is 18.6. The molecular formula is C23H25N3OS. The zero-order valence-electron chi connectivity index (χ0n) is 16.3.